The average Bonchev–Trinajstić information content (AvgIpc) is 2.87. The first-order valence-electron chi connectivity index (χ1n) is 8.21. The molecule has 0 fully saturated rings. The molecule has 0 amide bonds. The third-order valence-corrected chi connectivity index (χ3v) is 3.56. The summed E-state index contributed by atoms with van der Waals surface area (Å²) in [7, 11) is 0. The van der Waals surface area contributed by atoms with Crippen LogP contribution in [0.5, 0.6) is 0 Å². The largest absolute Gasteiger partial charge is 0.377 e. The molecule has 0 bridgehead atoms. The highest BCUT2D eigenvalue weighted by Gasteiger charge is 1.99. The molecule has 2 aromatic rings. The molecule has 1 aromatic carbocycles. The van der Waals surface area contributed by atoms with Crippen LogP contribution in [0.1, 0.15) is 49.4 Å². The van der Waals surface area contributed by atoms with Gasteiger partial charge in [0.05, 0.1) is 24.7 Å². The molecule has 0 saturated heterocycles. The highest BCUT2D eigenvalue weighted by Crippen LogP contribution is 2.07. The first-order valence-corrected chi connectivity index (χ1v) is 8.21. The van der Waals surface area contributed by atoms with Crippen molar-refractivity contribution in [2.45, 2.75) is 46.1 Å². The molecule has 1 aromatic heterocycles. The molecule has 0 aliphatic rings. The van der Waals surface area contributed by atoms with Crippen molar-refractivity contribution in [2.24, 2.45) is 5.10 Å². The van der Waals surface area contributed by atoms with Crippen LogP contribution in [0.2, 0.25) is 0 Å². The van der Waals surface area contributed by atoms with Gasteiger partial charge >= 0.3 is 0 Å². The Labute approximate surface area is 138 Å². The Hall–Kier alpha value is -2.14. The lowest BCUT2D eigenvalue weighted by atomic mass is 10.1. The van der Waals surface area contributed by atoms with E-state index in [4.69, 9.17) is 10.5 Å². The third kappa shape index (κ3) is 5.87. The molecule has 0 saturated carbocycles. The van der Waals surface area contributed by atoms with Crippen molar-refractivity contribution in [3.8, 4) is 0 Å². The molecule has 0 aliphatic heterocycles. The molecule has 5 nitrogen and oxygen atoms in total. The minimum absolute atomic E-state index is 0.395. The van der Waals surface area contributed by atoms with Crippen molar-refractivity contribution in [1.29, 1.82) is 0 Å². The zero-order valence-electron chi connectivity index (χ0n) is 14.0. The summed E-state index contributed by atoms with van der Waals surface area (Å²) in [5.74, 6) is 0.395. The number of aryl methyl sites for hydroxylation is 1. The minimum atomic E-state index is 0.395. The summed E-state index contributed by atoms with van der Waals surface area (Å²) in [5, 5.41) is 4.30. The zero-order chi connectivity index (χ0) is 16.5. The van der Waals surface area contributed by atoms with Crippen LogP contribution in [-0.2, 0) is 11.3 Å². The van der Waals surface area contributed by atoms with Crippen LogP contribution in [0.3, 0.4) is 0 Å². The molecule has 2 N–H and O–H groups in total. The van der Waals surface area contributed by atoms with Crippen LogP contribution < -0.4 is 5.73 Å². The smallest absolute Gasteiger partial charge is 0.221 e. The van der Waals surface area contributed by atoms with Crippen LogP contribution in [-0.4, -0.2) is 22.5 Å². The maximum atomic E-state index is 5.75. The molecule has 23 heavy (non-hydrogen) atoms. The van der Waals surface area contributed by atoms with E-state index in [0.717, 1.165) is 24.3 Å². The first kappa shape index (κ1) is 17.2. The van der Waals surface area contributed by atoms with Gasteiger partial charge in [0.25, 0.3) is 0 Å². The maximum Gasteiger partial charge on any atom is 0.221 e. The number of imidazole rings is 1. The second kappa shape index (κ2) is 9.10. The highest BCUT2D eigenvalue weighted by atomic mass is 16.5. The molecule has 0 spiro atoms. The van der Waals surface area contributed by atoms with E-state index in [1.807, 2.05) is 19.1 Å². The predicted molar refractivity (Wildman–Crippen MR) is 94.6 cm³/mol. The molecule has 1 heterocycles. The Morgan fingerprint density at radius 1 is 1.22 bits per heavy atom. The van der Waals surface area contributed by atoms with Crippen molar-refractivity contribution in [3.05, 3.63) is 47.3 Å². The number of hydrogen-bond donors (Lipinski definition) is 1. The van der Waals surface area contributed by atoms with E-state index >= 15 is 0 Å². The van der Waals surface area contributed by atoms with Gasteiger partial charge in [0.15, 0.2) is 0 Å². The third-order valence-electron chi connectivity index (χ3n) is 3.56. The molecule has 124 valence electrons. The SMILES string of the molecule is CCCCCCOCc1ccc(C=Nn2cc(C)nc2N)cc1. The predicted octanol–water partition coefficient (Wildman–Crippen LogP) is 3.75. The van der Waals surface area contributed by atoms with E-state index in [2.05, 4.69) is 29.1 Å². The second-order valence-electron chi connectivity index (χ2n) is 5.68. The van der Waals surface area contributed by atoms with Crippen molar-refractivity contribution < 1.29 is 4.74 Å². The summed E-state index contributed by atoms with van der Waals surface area (Å²) >= 11 is 0. The van der Waals surface area contributed by atoms with Gasteiger partial charge in [-0.2, -0.15) is 5.10 Å². The number of unbranched alkanes of at least 4 members (excludes halogenated alkanes) is 3. The number of nitrogens with zero attached hydrogens (tertiary/aromatic N) is 3. The zero-order valence-corrected chi connectivity index (χ0v) is 14.0. The number of ether oxygens (including phenoxy) is 1. The van der Waals surface area contributed by atoms with E-state index < -0.39 is 0 Å². The summed E-state index contributed by atoms with van der Waals surface area (Å²) in [4.78, 5) is 4.11. The summed E-state index contributed by atoms with van der Waals surface area (Å²) in [6.07, 6.45) is 8.51. The fraction of sp³-hybridized carbons (Fsp3) is 0.444. The Kier molecular flexibility index (Phi) is 6.81. The van der Waals surface area contributed by atoms with Crippen molar-refractivity contribution in [1.82, 2.24) is 9.66 Å². The number of benzene rings is 1. The van der Waals surface area contributed by atoms with Gasteiger partial charge in [-0.25, -0.2) is 9.66 Å². The summed E-state index contributed by atoms with van der Waals surface area (Å²) < 4.78 is 7.26. The second-order valence-corrected chi connectivity index (χ2v) is 5.68. The van der Waals surface area contributed by atoms with E-state index in [0.29, 0.717) is 12.6 Å². The number of nitrogens with two attached hydrogens (primary N) is 1. The van der Waals surface area contributed by atoms with Crippen LogP contribution in [0.4, 0.5) is 5.95 Å². The summed E-state index contributed by atoms with van der Waals surface area (Å²) in [6, 6.07) is 8.18. The van der Waals surface area contributed by atoms with Crippen molar-refractivity contribution >= 4 is 12.2 Å². The standard InChI is InChI=1S/C18H26N4O/c1-3-4-5-6-11-23-14-17-9-7-16(8-10-17)12-20-22-13-15(2)21-18(22)19/h7-10,12-13H,3-6,11,14H2,1-2H3,(H2,19,21). The lowest BCUT2D eigenvalue weighted by Gasteiger charge is -2.04. The van der Waals surface area contributed by atoms with Crippen molar-refractivity contribution in [2.75, 3.05) is 12.3 Å². The van der Waals surface area contributed by atoms with E-state index in [1.54, 1.807) is 17.1 Å². The monoisotopic (exact) mass is 314 g/mol. The molecular weight excluding hydrogens is 288 g/mol. The van der Waals surface area contributed by atoms with Gasteiger partial charge in [-0.1, -0.05) is 50.5 Å². The Morgan fingerprint density at radius 3 is 2.65 bits per heavy atom. The highest BCUT2D eigenvalue weighted by molar-refractivity contribution is 5.79. The molecule has 0 unspecified atom stereocenters. The van der Waals surface area contributed by atoms with Gasteiger partial charge in [0.2, 0.25) is 5.95 Å². The number of nitrogen functional groups attached to an aromatic ring is 1. The Bertz CT molecular complexity index is 616. The first-order chi connectivity index (χ1) is 11.2. The number of hydrogen-bond acceptors (Lipinski definition) is 4. The topological polar surface area (TPSA) is 65.4 Å². The van der Waals surface area contributed by atoms with Gasteiger partial charge in [-0.3, -0.25) is 0 Å². The molecule has 2 rings (SSSR count). The van der Waals surface area contributed by atoms with Gasteiger partial charge in [0, 0.05) is 6.61 Å². The Morgan fingerprint density at radius 2 is 2.00 bits per heavy atom. The minimum Gasteiger partial charge on any atom is -0.377 e. The van der Waals surface area contributed by atoms with Crippen LogP contribution >= 0.6 is 0 Å². The average molecular weight is 314 g/mol. The van der Waals surface area contributed by atoms with E-state index in [-0.39, 0.29) is 0 Å². The summed E-state index contributed by atoms with van der Waals surface area (Å²) in [6.45, 7) is 5.60. The normalized spacial score (nSPS) is 11.4. The summed E-state index contributed by atoms with van der Waals surface area (Å²) in [5.41, 5.74) is 8.80. The van der Waals surface area contributed by atoms with E-state index in [9.17, 15) is 0 Å². The van der Waals surface area contributed by atoms with Crippen molar-refractivity contribution in [3.63, 3.8) is 0 Å². The fourth-order valence-corrected chi connectivity index (χ4v) is 2.25. The Balaban J connectivity index is 1.79. The molecule has 0 atom stereocenters. The van der Waals surface area contributed by atoms with Gasteiger partial charge in [0.1, 0.15) is 0 Å². The maximum absolute atomic E-state index is 5.75. The number of rotatable bonds is 9. The molecule has 0 aliphatic carbocycles. The van der Waals surface area contributed by atoms with Gasteiger partial charge < -0.3 is 10.5 Å². The lowest BCUT2D eigenvalue weighted by molar-refractivity contribution is 0.117. The van der Waals surface area contributed by atoms with Gasteiger partial charge in [-0.15, -0.1) is 0 Å². The number of aromatic nitrogens is 2. The van der Waals surface area contributed by atoms with Crippen LogP contribution in [0, 0.1) is 6.92 Å². The van der Waals surface area contributed by atoms with E-state index in [1.165, 1.54) is 24.8 Å². The number of anilines is 1. The quantitative estimate of drug-likeness (QED) is 0.566. The van der Waals surface area contributed by atoms with Crippen LogP contribution in [0.25, 0.3) is 0 Å². The molecule has 5 heteroatoms. The van der Waals surface area contributed by atoms with Crippen LogP contribution in [0.15, 0.2) is 35.6 Å². The molecule has 0 radical (unpaired) electrons. The lowest BCUT2D eigenvalue weighted by Crippen LogP contribution is -1.97. The van der Waals surface area contributed by atoms with Gasteiger partial charge in [-0.05, 0) is 24.5 Å². The fourth-order valence-electron chi connectivity index (χ4n) is 2.25. The molecular formula is C18H26N4O.